The molecule has 2 rings (SSSR count). The van der Waals surface area contributed by atoms with Crippen LogP contribution in [-0.4, -0.2) is 6.54 Å². The summed E-state index contributed by atoms with van der Waals surface area (Å²) in [5.41, 5.74) is 4.96. The van der Waals surface area contributed by atoms with Gasteiger partial charge in [0.15, 0.2) is 0 Å². The summed E-state index contributed by atoms with van der Waals surface area (Å²) >= 11 is 0. The minimum atomic E-state index is -0.160. The molecule has 0 amide bonds. The fourth-order valence-electron chi connectivity index (χ4n) is 2.14. The predicted octanol–water partition coefficient (Wildman–Crippen LogP) is 3.77. The lowest BCUT2D eigenvalue weighted by Gasteiger charge is -2.09. The maximum atomic E-state index is 13.0. The van der Waals surface area contributed by atoms with E-state index in [0.717, 1.165) is 25.1 Å². The van der Waals surface area contributed by atoms with Gasteiger partial charge in [0.05, 0.1) is 0 Å². The van der Waals surface area contributed by atoms with E-state index in [-0.39, 0.29) is 5.82 Å². The highest BCUT2D eigenvalue weighted by molar-refractivity contribution is 5.30. The second-order valence-corrected chi connectivity index (χ2v) is 4.99. The van der Waals surface area contributed by atoms with E-state index in [9.17, 15) is 4.39 Å². The van der Waals surface area contributed by atoms with Crippen LogP contribution in [0.25, 0.3) is 0 Å². The average Bonchev–Trinajstić information content (AvgIpc) is 2.39. The summed E-state index contributed by atoms with van der Waals surface area (Å²) < 4.78 is 13.0. The van der Waals surface area contributed by atoms with Crippen LogP contribution in [0.5, 0.6) is 0 Å². The van der Waals surface area contributed by atoms with Crippen molar-refractivity contribution >= 4 is 0 Å². The first-order valence-electron chi connectivity index (χ1n) is 6.66. The lowest BCUT2D eigenvalue weighted by Crippen LogP contribution is -2.17. The Bertz CT molecular complexity index is 549. The smallest absolute Gasteiger partial charge is 0.123 e. The van der Waals surface area contributed by atoms with Crippen LogP contribution < -0.4 is 5.32 Å². The molecule has 2 heteroatoms. The van der Waals surface area contributed by atoms with Crippen molar-refractivity contribution in [2.24, 2.45) is 0 Å². The molecule has 100 valence electrons. The molecule has 0 bridgehead atoms. The largest absolute Gasteiger partial charge is 0.312 e. The summed E-state index contributed by atoms with van der Waals surface area (Å²) in [6.07, 6.45) is 0.850. The first kappa shape index (κ1) is 13.8. The van der Waals surface area contributed by atoms with Crippen molar-refractivity contribution in [3.63, 3.8) is 0 Å². The van der Waals surface area contributed by atoms with Crippen LogP contribution in [-0.2, 0) is 13.0 Å². The number of benzene rings is 2. The second-order valence-electron chi connectivity index (χ2n) is 4.99. The van der Waals surface area contributed by atoms with Crippen LogP contribution in [0.1, 0.15) is 22.3 Å². The van der Waals surface area contributed by atoms with Gasteiger partial charge in [0.25, 0.3) is 0 Å². The highest BCUT2D eigenvalue weighted by Crippen LogP contribution is 2.10. The normalized spacial score (nSPS) is 10.7. The Balaban J connectivity index is 1.82. The van der Waals surface area contributed by atoms with Crippen molar-refractivity contribution in [3.8, 4) is 0 Å². The Kier molecular flexibility index (Phi) is 4.69. The Hall–Kier alpha value is -1.67. The standard InChI is InChI=1S/C17H20FN/c1-13-6-7-14(2)16(10-13)12-19-9-8-15-4-3-5-17(18)11-15/h3-7,10-11,19H,8-9,12H2,1-2H3. The van der Waals surface area contributed by atoms with Gasteiger partial charge in [-0.2, -0.15) is 0 Å². The van der Waals surface area contributed by atoms with Gasteiger partial charge in [-0.25, -0.2) is 4.39 Å². The third-order valence-corrected chi connectivity index (χ3v) is 3.30. The molecule has 0 saturated heterocycles. The lowest BCUT2D eigenvalue weighted by molar-refractivity contribution is 0.622. The molecule has 0 unspecified atom stereocenters. The molecule has 0 spiro atoms. The predicted molar refractivity (Wildman–Crippen MR) is 77.7 cm³/mol. The number of halogens is 1. The van der Waals surface area contributed by atoms with E-state index in [1.165, 1.54) is 22.8 Å². The van der Waals surface area contributed by atoms with Gasteiger partial charge in [0.1, 0.15) is 5.82 Å². The minimum Gasteiger partial charge on any atom is -0.312 e. The zero-order chi connectivity index (χ0) is 13.7. The highest BCUT2D eigenvalue weighted by atomic mass is 19.1. The van der Waals surface area contributed by atoms with E-state index >= 15 is 0 Å². The van der Waals surface area contributed by atoms with E-state index in [1.54, 1.807) is 12.1 Å². The van der Waals surface area contributed by atoms with Gasteiger partial charge in [0.2, 0.25) is 0 Å². The van der Waals surface area contributed by atoms with Gasteiger partial charge < -0.3 is 5.32 Å². The molecule has 0 saturated carbocycles. The molecule has 1 N–H and O–H groups in total. The molecule has 19 heavy (non-hydrogen) atoms. The first-order chi connectivity index (χ1) is 9.15. The molecule has 0 radical (unpaired) electrons. The summed E-state index contributed by atoms with van der Waals surface area (Å²) in [7, 11) is 0. The zero-order valence-corrected chi connectivity index (χ0v) is 11.5. The van der Waals surface area contributed by atoms with Crippen LogP contribution >= 0.6 is 0 Å². The van der Waals surface area contributed by atoms with E-state index in [2.05, 4.69) is 37.4 Å². The maximum Gasteiger partial charge on any atom is 0.123 e. The van der Waals surface area contributed by atoms with E-state index < -0.39 is 0 Å². The molecular weight excluding hydrogens is 237 g/mol. The summed E-state index contributed by atoms with van der Waals surface area (Å²) in [6, 6.07) is 13.3. The first-order valence-corrected chi connectivity index (χ1v) is 6.66. The van der Waals surface area contributed by atoms with E-state index in [1.807, 2.05) is 6.07 Å². The number of hydrogen-bond donors (Lipinski definition) is 1. The Morgan fingerprint density at radius 2 is 1.89 bits per heavy atom. The van der Waals surface area contributed by atoms with Crippen LogP contribution in [0.2, 0.25) is 0 Å². The molecule has 0 aliphatic carbocycles. The van der Waals surface area contributed by atoms with Crippen molar-refractivity contribution in [1.29, 1.82) is 0 Å². The van der Waals surface area contributed by atoms with Crippen molar-refractivity contribution in [2.45, 2.75) is 26.8 Å². The van der Waals surface area contributed by atoms with Crippen LogP contribution in [0, 0.1) is 19.7 Å². The zero-order valence-electron chi connectivity index (χ0n) is 11.5. The summed E-state index contributed by atoms with van der Waals surface area (Å²) in [6.45, 7) is 5.96. The SMILES string of the molecule is Cc1ccc(C)c(CNCCc2cccc(F)c2)c1. The molecule has 0 aliphatic rings. The average molecular weight is 257 g/mol. The van der Waals surface area contributed by atoms with Gasteiger partial charge in [0, 0.05) is 6.54 Å². The monoisotopic (exact) mass is 257 g/mol. The molecule has 2 aromatic carbocycles. The van der Waals surface area contributed by atoms with Crippen molar-refractivity contribution in [2.75, 3.05) is 6.54 Å². The quantitative estimate of drug-likeness (QED) is 0.804. The number of aryl methyl sites for hydroxylation is 2. The van der Waals surface area contributed by atoms with E-state index in [0.29, 0.717) is 0 Å². The third kappa shape index (κ3) is 4.18. The highest BCUT2D eigenvalue weighted by Gasteiger charge is 1.99. The fourth-order valence-corrected chi connectivity index (χ4v) is 2.14. The summed E-state index contributed by atoms with van der Waals surface area (Å²) in [5, 5.41) is 3.42. The van der Waals surface area contributed by atoms with Crippen LogP contribution in [0.3, 0.4) is 0 Å². The molecule has 1 nitrogen and oxygen atoms in total. The molecule has 0 aromatic heterocycles. The molecule has 0 heterocycles. The van der Waals surface area contributed by atoms with Gasteiger partial charge in [-0.3, -0.25) is 0 Å². The number of rotatable bonds is 5. The Morgan fingerprint density at radius 1 is 1.05 bits per heavy atom. The van der Waals surface area contributed by atoms with E-state index in [4.69, 9.17) is 0 Å². The maximum absolute atomic E-state index is 13.0. The third-order valence-electron chi connectivity index (χ3n) is 3.30. The van der Waals surface area contributed by atoms with Gasteiger partial charge in [-0.1, -0.05) is 35.9 Å². The van der Waals surface area contributed by atoms with Gasteiger partial charge in [-0.15, -0.1) is 0 Å². The molecule has 2 aromatic rings. The van der Waals surface area contributed by atoms with Crippen molar-refractivity contribution < 1.29 is 4.39 Å². The van der Waals surface area contributed by atoms with Crippen molar-refractivity contribution in [1.82, 2.24) is 5.32 Å². The molecular formula is C17H20FN. The molecule has 0 atom stereocenters. The Labute approximate surface area is 114 Å². The molecule has 0 aliphatic heterocycles. The van der Waals surface area contributed by atoms with Crippen molar-refractivity contribution in [3.05, 3.63) is 70.5 Å². The van der Waals surface area contributed by atoms with Crippen LogP contribution in [0.15, 0.2) is 42.5 Å². The lowest BCUT2D eigenvalue weighted by atomic mass is 10.1. The van der Waals surface area contributed by atoms with Gasteiger partial charge >= 0.3 is 0 Å². The summed E-state index contributed by atoms with van der Waals surface area (Å²) in [4.78, 5) is 0. The second kappa shape index (κ2) is 6.48. The van der Waals surface area contributed by atoms with Gasteiger partial charge in [-0.05, 0) is 55.6 Å². The topological polar surface area (TPSA) is 12.0 Å². The fraction of sp³-hybridized carbons (Fsp3) is 0.294. The number of nitrogens with one attached hydrogen (secondary N) is 1. The minimum absolute atomic E-state index is 0.160. The Morgan fingerprint density at radius 3 is 2.68 bits per heavy atom. The summed E-state index contributed by atoms with van der Waals surface area (Å²) in [5.74, 6) is -0.160. The number of hydrogen-bond acceptors (Lipinski definition) is 1. The molecule has 0 fully saturated rings. The van der Waals surface area contributed by atoms with Crippen LogP contribution in [0.4, 0.5) is 4.39 Å².